The van der Waals surface area contributed by atoms with E-state index in [0.717, 1.165) is 5.56 Å². The minimum atomic E-state index is -0.966. The standard InChI is InChI=1S/C10H12N2O2/c1-8(10(13)14)6-12-7-9-2-4-11-5-3-9/h2-5,12H,1,6-7H2,(H,13,14). The van der Waals surface area contributed by atoms with Crippen molar-refractivity contribution in [3.8, 4) is 0 Å². The Hall–Kier alpha value is -1.68. The van der Waals surface area contributed by atoms with E-state index in [1.165, 1.54) is 0 Å². The van der Waals surface area contributed by atoms with Crippen molar-refractivity contribution >= 4 is 5.97 Å². The molecule has 0 atom stereocenters. The number of nitrogens with one attached hydrogen (secondary N) is 1. The fourth-order valence-electron chi connectivity index (χ4n) is 0.934. The number of carboxylic acids is 1. The number of pyridine rings is 1. The van der Waals surface area contributed by atoms with Crippen molar-refractivity contribution < 1.29 is 9.90 Å². The summed E-state index contributed by atoms with van der Waals surface area (Å²) in [6.45, 7) is 4.32. The highest BCUT2D eigenvalue weighted by Gasteiger charge is 2.01. The molecule has 1 aromatic rings. The van der Waals surface area contributed by atoms with Gasteiger partial charge in [0.2, 0.25) is 0 Å². The summed E-state index contributed by atoms with van der Waals surface area (Å²) in [4.78, 5) is 14.3. The first kappa shape index (κ1) is 10.4. The summed E-state index contributed by atoms with van der Waals surface area (Å²) in [5.74, 6) is -0.966. The van der Waals surface area contributed by atoms with Crippen molar-refractivity contribution in [1.82, 2.24) is 10.3 Å². The van der Waals surface area contributed by atoms with Gasteiger partial charge >= 0.3 is 5.97 Å². The first-order valence-electron chi connectivity index (χ1n) is 4.21. The van der Waals surface area contributed by atoms with Gasteiger partial charge in [-0.25, -0.2) is 4.79 Å². The van der Waals surface area contributed by atoms with Gasteiger partial charge in [-0.1, -0.05) is 6.58 Å². The molecular weight excluding hydrogens is 180 g/mol. The molecule has 0 aliphatic heterocycles. The molecule has 0 aliphatic carbocycles. The maximum absolute atomic E-state index is 10.4. The van der Waals surface area contributed by atoms with Crippen molar-refractivity contribution in [1.29, 1.82) is 0 Å². The molecule has 1 aromatic heterocycles. The molecule has 1 rings (SSSR count). The Morgan fingerprint density at radius 3 is 2.71 bits per heavy atom. The van der Waals surface area contributed by atoms with Crippen molar-refractivity contribution in [2.24, 2.45) is 0 Å². The zero-order valence-electron chi connectivity index (χ0n) is 7.73. The zero-order chi connectivity index (χ0) is 10.4. The number of hydrogen-bond donors (Lipinski definition) is 2. The molecule has 0 bridgehead atoms. The second-order valence-corrected chi connectivity index (χ2v) is 2.87. The van der Waals surface area contributed by atoms with Gasteiger partial charge < -0.3 is 10.4 Å². The lowest BCUT2D eigenvalue weighted by Crippen LogP contribution is -2.19. The maximum atomic E-state index is 10.4. The van der Waals surface area contributed by atoms with Crippen molar-refractivity contribution in [3.63, 3.8) is 0 Å². The number of aromatic nitrogens is 1. The Labute approximate surface area is 82.3 Å². The van der Waals surface area contributed by atoms with Crippen molar-refractivity contribution in [3.05, 3.63) is 42.2 Å². The number of rotatable bonds is 5. The van der Waals surface area contributed by atoms with Gasteiger partial charge in [0.25, 0.3) is 0 Å². The van der Waals surface area contributed by atoms with E-state index < -0.39 is 5.97 Å². The Bertz CT molecular complexity index is 322. The van der Waals surface area contributed by atoms with Crippen LogP contribution in [0.15, 0.2) is 36.7 Å². The molecule has 4 nitrogen and oxygen atoms in total. The predicted octanol–water partition coefficient (Wildman–Crippen LogP) is 0.812. The minimum Gasteiger partial charge on any atom is -0.478 e. The monoisotopic (exact) mass is 192 g/mol. The Balaban J connectivity index is 2.29. The first-order valence-corrected chi connectivity index (χ1v) is 4.21. The van der Waals surface area contributed by atoms with Crippen LogP contribution >= 0.6 is 0 Å². The molecule has 4 heteroatoms. The lowest BCUT2D eigenvalue weighted by Gasteiger charge is -2.03. The van der Waals surface area contributed by atoms with E-state index in [0.29, 0.717) is 6.54 Å². The molecule has 0 unspecified atom stereocenters. The Morgan fingerprint density at radius 2 is 2.14 bits per heavy atom. The largest absolute Gasteiger partial charge is 0.478 e. The third kappa shape index (κ3) is 3.37. The van der Waals surface area contributed by atoms with E-state index in [-0.39, 0.29) is 12.1 Å². The van der Waals surface area contributed by atoms with Crippen LogP contribution < -0.4 is 5.32 Å². The van der Waals surface area contributed by atoms with E-state index in [2.05, 4.69) is 16.9 Å². The smallest absolute Gasteiger partial charge is 0.332 e. The highest BCUT2D eigenvalue weighted by molar-refractivity contribution is 5.86. The van der Waals surface area contributed by atoms with Gasteiger partial charge in [-0.2, -0.15) is 0 Å². The number of aliphatic carboxylic acids is 1. The normalized spacial score (nSPS) is 9.71. The zero-order valence-corrected chi connectivity index (χ0v) is 7.73. The maximum Gasteiger partial charge on any atom is 0.332 e. The van der Waals surface area contributed by atoms with E-state index >= 15 is 0 Å². The van der Waals surface area contributed by atoms with Crippen LogP contribution in [0.1, 0.15) is 5.56 Å². The summed E-state index contributed by atoms with van der Waals surface area (Å²) < 4.78 is 0. The highest BCUT2D eigenvalue weighted by atomic mass is 16.4. The predicted molar refractivity (Wildman–Crippen MR) is 52.7 cm³/mol. The quantitative estimate of drug-likeness (QED) is 0.678. The molecule has 0 saturated carbocycles. The van der Waals surface area contributed by atoms with Crippen LogP contribution in [0.3, 0.4) is 0 Å². The second kappa shape index (κ2) is 5.14. The average Bonchev–Trinajstić information content (AvgIpc) is 2.19. The van der Waals surface area contributed by atoms with E-state index in [9.17, 15) is 4.79 Å². The lowest BCUT2D eigenvalue weighted by atomic mass is 10.2. The summed E-state index contributed by atoms with van der Waals surface area (Å²) >= 11 is 0. The third-order valence-electron chi connectivity index (χ3n) is 1.72. The first-order chi connectivity index (χ1) is 6.70. The topological polar surface area (TPSA) is 62.2 Å². The van der Waals surface area contributed by atoms with Crippen molar-refractivity contribution in [2.75, 3.05) is 6.54 Å². The molecule has 2 N–H and O–H groups in total. The van der Waals surface area contributed by atoms with Crippen molar-refractivity contribution in [2.45, 2.75) is 6.54 Å². The number of hydrogen-bond acceptors (Lipinski definition) is 3. The van der Waals surface area contributed by atoms with E-state index in [1.54, 1.807) is 12.4 Å². The molecule has 0 aromatic carbocycles. The van der Waals surface area contributed by atoms with Crippen LogP contribution in [0.5, 0.6) is 0 Å². The molecule has 0 amide bonds. The van der Waals surface area contributed by atoms with E-state index in [4.69, 9.17) is 5.11 Å². The summed E-state index contributed by atoms with van der Waals surface area (Å²) in [6.07, 6.45) is 3.39. The van der Waals surface area contributed by atoms with Gasteiger partial charge in [0.05, 0.1) is 0 Å². The van der Waals surface area contributed by atoms with Crippen LogP contribution in [-0.4, -0.2) is 22.6 Å². The summed E-state index contributed by atoms with van der Waals surface area (Å²) in [5, 5.41) is 11.5. The van der Waals surface area contributed by atoms with Crippen LogP contribution in [0, 0.1) is 0 Å². The van der Waals surface area contributed by atoms with Gasteiger partial charge in [0.15, 0.2) is 0 Å². The molecule has 0 radical (unpaired) electrons. The van der Waals surface area contributed by atoms with Crippen LogP contribution in [0.4, 0.5) is 0 Å². The fraction of sp³-hybridized carbons (Fsp3) is 0.200. The molecule has 14 heavy (non-hydrogen) atoms. The van der Waals surface area contributed by atoms with E-state index in [1.807, 2.05) is 12.1 Å². The number of carbonyl (C=O) groups is 1. The second-order valence-electron chi connectivity index (χ2n) is 2.87. The summed E-state index contributed by atoms with van der Waals surface area (Å²) in [7, 11) is 0. The third-order valence-corrected chi connectivity index (χ3v) is 1.72. The molecule has 74 valence electrons. The van der Waals surface area contributed by atoms with Gasteiger partial charge in [0, 0.05) is 31.1 Å². The lowest BCUT2D eigenvalue weighted by molar-refractivity contribution is -0.132. The number of carboxylic acid groups (broad SMARTS) is 1. The summed E-state index contributed by atoms with van der Waals surface area (Å²) in [5.41, 5.74) is 1.23. The molecular formula is C10H12N2O2. The fourth-order valence-corrected chi connectivity index (χ4v) is 0.934. The van der Waals surface area contributed by atoms with Crippen LogP contribution in [0.25, 0.3) is 0 Å². The molecule has 0 spiro atoms. The number of nitrogens with zero attached hydrogens (tertiary/aromatic N) is 1. The molecule has 0 aliphatic rings. The van der Waals surface area contributed by atoms with Gasteiger partial charge in [0.1, 0.15) is 0 Å². The van der Waals surface area contributed by atoms with Crippen LogP contribution in [0.2, 0.25) is 0 Å². The van der Waals surface area contributed by atoms with Gasteiger partial charge in [-0.15, -0.1) is 0 Å². The average molecular weight is 192 g/mol. The SMILES string of the molecule is C=C(CNCc1ccncc1)C(=O)O. The molecule has 0 fully saturated rings. The minimum absolute atomic E-state index is 0.166. The Kier molecular flexibility index (Phi) is 3.82. The highest BCUT2D eigenvalue weighted by Crippen LogP contribution is 1.95. The molecule has 0 saturated heterocycles. The van der Waals surface area contributed by atoms with Gasteiger partial charge in [-0.3, -0.25) is 4.98 Å². The summed E-state index contributed by atoms with van der Waals surface area (Å²) in [6, 6.07) is 3.74. The Morgan fingerprint density at radius 1 is 1.50 bits per heavy atom. The molecule has 1 heterocycles. The van der Waals surface area contributed by atoms with Crippen LogP contribution in [-0.2, 0) is 11.3 Å². The van der Waals surface area contributed by atoms with Gasteiger partial charge in [-0.05, 0) is 17.7 Å².